The van der Waals surface area contributed by atoms with Crippen LogP contribution in [0.2, 0.25) is 0 Å². The number of unbranched alkanes of at least 4 members (excludes halogenated alkanes) is 3. The van der Waals surface area contributed by atoms with Crippen LogP contribution in [0.15, 0.2) is 48.5 Å². The number of hydrogen-bond acceptors (Lipinski definition) is 1. The summed E-state index contributed by atoms with van der Waals surface area (Å²) in [6.45, 7) is 4.45. The molecule has 0 heterocycles. The lowest BCUT2D eigenvalue weighted by atomic mass is 9.76. The predicted molar refractivity (Wildman–Crippen MR) is 124 cm³/mol. The summed E-state index contributed by atoms with van der Waals surface area (Å²) >= 11 is 0. The second-order valence-corrected chi connectivity index (χ2v) is 8.89. The Morgan fingerprint density at radius 3 is 1.97 bits per heavy atom. The number of carbonyl (C=O) groups is 1. The SMILES string of the molecule is CCCCCCC(=O)C1CCC(c2ccc(-c3ccc(CCC)cc3)cc2)CC1. The molecule has 0 atom stereocenters. The Hall–Kier alpha value is -1.89. The van der Waals surface area contributed by atoms with Gasteiger partial charge in [-0.05, 0) is 66.7 Å². The van der Waals surface area contributed by atoms with Gasteiger partial charge in [0.1, 0.15) is 5.78 Å². The number of hydrogen-bond donors (Lipinski definition) is 0. The first kappa shape index (κ1) is 21.8. The van der Waals surface area contributed by atoms with E-state index in [-0.39, 0.29) is 0 Å². The fourth-order valence-corrected chi connectivity index (χ4v) is 4.78. The van der Waals surface area contributed by atoms with Gasteiger partial charge >= 0.3 is 0 Å². The molecule has 0 unspecified atom stereocenters. The molecule has 0 aromatic heterocycles. The molecule has 2 aromatic carbocycles. The third kappa shape index (κ3) is 6.29. The van der Waals surface area contributed by atoms with E-state index in [9.17, 15) is 4.79 Å². The Labute approximate surface area is 177 Å². The molecule has 29 heavy (non-hydrogen) atoms. The molecule has 0 amide bonds. The minimum Gasteiger partial charge on any atom is -0.299 e. The minimum absolute atomic E-state index is 0.328. The Balaban J connectivity index is 1.50. The van der Waals surface area contributed by atoms with E-state index in [0.717, 1.165) is 44.9 Å². The molecule has 1 saturated carbocycles. The smallest absolute Gasteiger partial charge is 0.135 e. The summed E-state index contributed by atoms with van der Waals surface area (Å²) in [6, 6.07) is 18.2. The van der Waals surface area contributed by atoms with Crippen LogP contribution >= 0.6 is 0 Å². The van der Waals surface area contributed by atoms with Crippen molar-refractivity contribution in [1.29, 1.82) is 0 Å². The Bertz CT molecular complexity index is 733. The maximum Gasteiger partial charge on any atom is 0.135 e. The van der Waals surface area contributed by atoms with Crippen molar-refractivity contribution < 1.29 is 4.79 Å². The van der Waals surface area contributed by atoms with Gasteiger partial charge in [-0.25, -0.2) is 0 Å². The van der Waals surface area contributed by atoms with Gasteiger partial charge in [0.05, 0.1) is 0 Å². The summed E-state index contributed by atoms with van der Waals surface area (Å²) < 4.78 is 0. The first-order valence-electron chi connectivity index (χ1n) is 11.9. The van der Waals surface area contributed by atoms with E-state index in [1.807, 2.05) is 0 Å². The topological polar surface area (TPSA) is 17.1 Å². The third-order valence-corrected chi connectivity index (χ3v) is 6.67. The second kappa shape index (κ2) is 11.3. The summed E-state index contributed by atoms with van der Waals surface area (Å²) in [4.78, 5) is 12.5. The monoisotopic (exact) mass is 390 g/mol. The van der Waals surface area contributed by atoms with E-state index in [1.165, 1.54) is 47.9 Å². The van der Waals surface area contributed by atoms with E-state index in [1.54, 1.807) is 0 Å². The molecule has 1 fully saturated rings. The quantitative estimate of drug-likeness (QED) is 0.374. The van der Waals surface area contributed by atoms with Crippen molar-refractivity contribution in [3.63, 3.8) is 0 Å². The molecule has 156 valence electrons. The number of ketones is 1. The Morgan fingerprint density at radius 1 is 0.759 bits per heavy atom. The van der Waals surface area contributed by atoms with Crippen LogP contribution in [0.1, 0.15) is 95.1 Å². The highest BCUT2D eigenvalue weighted by atomic mass is 16.1. The normalized spacial score (nSPS) is 19.2. The average Bonchev–Trinajstić information content (AvgIpc) is 2.78. The molecule has 0 aliphatic heterocycles. The van der Waals surface area contributed by atoms with Crippen molar-refractivity contribution in [3.8, 4) is 11.1 Å². The van der Waals surface area contributed by atoms with Crippen LogP contribution in [-0.4, -0.2) is 5.78 Å². The molecular weight excluding hydrogens is 352 g/mol. The minimum atomic E-state index is 0.328. The highest BCUT2D eigenvalue weighted by molar-refractivity contribution is 5.81. The lowest BCUT2D eigenvalue weighted by molar-refractivity contribution is -0.124. The largest absolute Gasteiger partial charge is 0.299 e. The lowest BCUT2D eigenvalue weighted by Crippen LogP contribution is -2.21. The maximum atomic E-state index is 12.5. The van der Waals surface area contributed by atoms with Gasteiger partial charge in [0, 0.05) is 12.3 Å². The van der Waals surface area contributed by atoms with Crippen LogP contribution in [0.5, 0.6) is 0 Å². The van der Waals surface area contributed by atoms with E-state index < -0.39 is 0 Å². The summed E-state index contributed by atoms with van der Waals surface area (Å²) in [5.74, 6) is 1.48. The highest BCUT2D eigenvalue weighted by Gasteiger charge is 2.26. The lowest BCUT2D eigenvalue weighted by Gasteiger charge is -2.28. The molecule has 1 nitrogen and oxygen atoms in total. The second-order valence-electron chi connectivity index (χ2n) is 8.89. The standard InChI is InChI=1S/C28H38O/c1-3-5-6-7-9-28(29)27-20-18-26(19-21-27)25-16-14-24(15-17-25)23-12-10-22(8-4-2)11-13-23/h10-17,26-27H,3-9,18-21H2,1-2H3. The van der Waals surface area contributed by atoms with Crippen LogP contribution in [0.3, 0.4) is 0 Å². The van der Waals surface area contributed by atoms with Crippen molar-refractivity contribution in [2.75, 3.05) is 0 Å². The fraction of sp³-hybridized carbons (Fsp3) is 0.536. The number of Topliss-reactive ketones (excluding diaryl/α,β-unsaturated/α-hetero) is 1. The van der Waals surface area contributed by atoms with Crippen LogP contribution in [0.4, 0.5) is 0 Å². The molecule has 1 aliphatic rings. The van der Waals surface area contributed by atoms with E-state index in [2.05, 4.69) is 62.4 Å². The first-order chi connectivity index (χ1) is 14.2. The zero-order valence-corrected chi connectivity index (χ0v) is 18.5. The predicted octanol–water partition coefficient (Wildman–Crippen LogP) is 8.12. The summed E-state index contributed by atoms with van der Waals surface area (Å²) in [6.07, 6.45) is 12.5. The molecule has 0 radical (unpaired) electrons. The molecule has 0 spiro atoms. The summed E-state index contributed by atoms with van der Waals surface area (Å²) in [5, 5.41) is 0. The van der Waals surface area contributed by atoms with Crippen molar-refractivity contribution in [2.24, 2.45) is 5.92 Å². The zero-order chi connectivity index (χ0) is 20.5. The van der Waals surface area contributed by atoms with Gasteiger partial charge in [0.25, 0.3) is 0 Å². The molecule has 2 aromatic rings. The molecule has 0 saturated heterocycles. The molecule has 1 aliphatic carbocycles. The third-order valence-electron chi connectivity index (χ3n) is 6.67. The van der Waals surface area contributed by atoms with Crippen LogP contribution in [0.25, 0.3) is 11.1 Å². The van der Waals surface area contributed by atoms with Crippen LogP contribution in [-0.2, 0) is 11.2 Å². The van der Waals surface area contributed by atoms with Crippen molar-refractivity contribution >= 4 is 5.78 Å². The molecule has 1 heteroatoms. The van der Waals surface area contributed by atoms with Crippen molar-refractivity contribution in [3.05, 3.63) is 59.7 Å². The average molecular weight is 391 g/mol. The van der Waals surface area contributed by atoms with E-state index >= 15 is 0 Å². The van der Waals surface area contributed by atoms with Gasteiger partial charge in [0.2, 0.25) is 0 Å². The first-order valence-corrected chi connectivity index (χ1v) is 11.9. The van der Waals surface area contributed by atoms with Crippen LogP contribution in [0, 0.1) is 5.92 Å². The zero-order valence-electron chi connectivity index (χ0n) is 18.5. The number of rotatable bonds is 10. The van der Waals surface area contributed by atoms with Gasteiger partial charge in [-0.2, -0.15) is 0 Å². The molecule has 3 rings (SSSR count). The molecule has 0 bridgehead atoms. The van der Waals surface area contributed by atoms with Crippen LogP contribution < -0.4 is 0 Å². The molecular formula is C28H38O. The maximum absolute atomic E-state index is 12.5. The molecule has 0 N–H and O–H groups in total. The van der Waals surface area contributed by atoms with Gasteiger partial charge < -0.3 is 0 Å². The fourth-order valence-electron chi connectivity index (χ4n) is 4.78. The summed E-state index contributed by atoms with van der Waals surface area (Å²) in [7, 11) is 0. The van der Waals surface area contributed by atoms with Gasteiger partial charge in [-0.3, -0.25) is 4.79 Å². The van der Waals surface area contributed by atoms with Crippen molar-refractivity contribution in [2.45, 2.75) is 90.4 Å². The Morgan fingerprint density at radius 2 is 1.38 bits per heavy atom. The van der Waals surface area contributed by atoms with Crippen molar-refractivity contribution in [1.82, 2.24) is 0 Å². The summed E-state index contributed by atoms with van der Waals surface area (Å²) in [5.41, 5.74) is 5.47. The number of carbonyl (C=O) groups excluding carboxylic acids is 1. The van der Waals surface area contributed by atoms with Gasteiger partial charge in [-0.15, -0.1) is 0 Å². The highest BCUT2D eigenvalue weighted by Crippen LogP contribution is 2.37. The van der Waals surface area contributed by atoms with Gasteiger partial charge in [0.15, 0.2) is 0 Å². The van der Waals surface area contributed by atoms with Gasteiger partial charge in [-0.1, -0.05) is 88.1 Å². The number of aryl methyl sites for hydroxylation is 1. The number of benzene rings is 2. The van der Waals surface area contributed by atoms with E-state index in [0.29, 0.717) is 17.6 Å². The Kier molecular flexibility index (Phi) is 8.52. The van der Waals surface area contributed by atoms with E-state index in [4.69, 9.17) is 0 Å².